The predicted molar refractivity (Wildman–Crippen MR) is 50.7 cm³/mol. The van der Waals surface area contributed by atoms with E-state index in [0.29, 0.717) is 0 Å². The first kappa shape index (κ1) is 10.0. The first-order valence-electron chi connectivity index (χ1n) is 4.67. The lowest BCUT2D eigenvalue weighted by Crippen LogP contribution is -2.37. The zero-order valence-corrected chi connectivity index (χ0v) is 7.83. The van der Waals surface area contributed by atoms with Gasteiger partial charge in [-0.3, -0.25) is 0 Å². The molecule has 2 N–H and O–H groups in total. The third kappa shape index (κ3) is 3.13. The molecule has 0 unspecified atom stereocenters. The van der Waals surface area contributed by atoms with Crippen LogP contribution in [0.3, 0.4) is 0 Å². The number of rotatable bonds is 4. The highest BCUT2D eigenvalue weighted by Gasteiger charge is 2.18. The molecule has 1 rings (SSSR count). The highest BCUT2D eigenvalue weighted by Crippen LogP contribution is 2.18. The smallest absolute Gasteiger partial charge is 0.398 e. The quantitative estimate of drug-likeness (QED) is 0.612. The van der Waals surface area contributed by atoms with Gasteiger partial charge in [0.25, 0.3) is 0 Å². The van der Waals surface area contributed by atoms with Gasteiger partial charge in [-0.15, -0.1) is 0 Å². The normalized spacial score (nSPS) is 21.2. The Hall–Kier alpha value is -0.0551. The predicted octanol–water partition coefficient (Wildman–Crippen LogP) is 0.228. The van der Waals surface area contributed by atoms with Crippen molar-refractivity contribution in [3.8, 4) is 0 Å². The molecule has 1 aliphatic heterocycles. The molecule has 0 atom stereocenters. The van der Waals surface area contributed by atoms with Crippen molar-refractivity contribution < 1.29 is 4.65 Å². The molecular weight excluding hydrogens is 151 g/mol. The average Bonchev–Trinajstić information content (AvgIpc) is 2.09. The van der Waals surface area contributed by atoms with Crippen LogP contribution in [0.1, 0.15) is 19.3 Å². The summed E-state index contributed by atoms with van der Waals surface area (Å²) in [5.41, 5.74) is 5.51. The van der Waals surface area contributed by atoms with Gasteiger partial charge in [-0.2, -0.15) is 0 Å². The topological polar surface area (TPSA) is 38.5 Å². The third-order valence-electron chi connectivity index (χ3n) is 2.48. The number of hydrogen-bond donors (Lipinski definition) is 1. The molecule has 0 bridgehead atoms. The minimum atomic E-state index is 0.832. The SMILES string of the molecule is CO[B]N1CCC(CCN)CC1. The fourth-order valence-electron chi connectivity index (χ4n) is 1.73. The summed E-state index contributed by atoms with van der Waals surface area (Å²) in [6, 6.07) is 0. The van der Waals surface area contributed by atoms with Crippen LogP contribution in [-0.4, -0.2) is 39.2 Å². The van der Waals surface area contributed by atoms with Crippen LogP contribution >= 0.6 is 0 Å². The molecule has 0 aromatic heterocycles. The first-order valence-corrected chi connectivity index (χ1v) is 4.67. The minimum absolute atomic E-state index is 0.832. The maximum Gasteiger partial charge on any atom is 0.398 e. The lowest BCUT2D eigenvalue weighted by molar-refractivity contribution is 0.241. The minimum Gasteiger partial charge on any atom is -0.427 e. The Balaban J connectivity index is 2.11. The molecule has 1 heterocycles. The summed E-state index contributed by atoms with van der Waals surface area (Å²) in [5, 5.41) is 0. The van der Waals surface area contributed by atoms with Gasteiger partial charge in [-0.05, 0) is 44.8 Å². The summed E-state index contributed by atoms with van der Waals surface area (Å²) in [7, 11) is 3.52. The van der Waals surface area contributed by atoms with Gasteiger partial charge in [0.1, 0.15) is 0 Å². The van der Waals surface area contributed by atoms with Crippen molar-refractivity contribution in [3.63, 3.8) is 0 Å². The Morgan fingerprint density at radius 3 is 2.67 bits per heavy atom. The molecule has 0 aromatic carbocycles. The molecule has 4 heteroatoms. The zero-order valence-electron chi connectivity index (χ0n) is 7.83. The molecule has 0 saturated carbocycles. The largest absolute Gasteiger partial charge is 0.427 e. The Labute approximate surface area is 75.5 Å². The summed E-state index contributed by atoms with van der Waals surface area (Å²) in [4.78, 5) is 2.23. The molecule has 0 amide bonds. The van der Waals surface area contributed by atoms with Crippen LogP contribution in [0.15, 0.2) is 0 Å². The first-order chi connectivity index (χ1) is 5.86. The fraction of sp³-hybridized carbons (Fsp3) is 1.00. The molecule has 0 aromatic rings. The third-order valence-corrected chi connectivity index (χ3v) is 2.48. The van der Waals surface area contributed by atoms with E-state index >= 15 is 0 Å². The molecule has 1 aliphatic rings. The average molecular weight is 169 g/mol. The molecule has 69 valence electrons. The van der Waals surface area contributed by atoms with Gasteiger partial charge in [0, 0.05) is 7.11 Å². The van der Waals surface area contributed by atoms with E-state index in [4.69, 9.17) is 10.4 Å². The van der Waals surface area contributed by atoms with Gasteiger partial charge in [0.05, 0.1) is 0 Å². The maximum absolute atomic E-state index is 5.51. The fourth-order valence-corrected chi connectivity index (χ4v) is 1.73. The zero-order chi connectivity index (χ0) is 8.81. The molecule has 1 radical (unpaired) electrons. The van der Waals surface area contributed by atoms with Gasteiger partial charge >= 0.3 is 7.62 Å². The molecule has 0 spiro atoms. The Morgan fingerprint density at radius 2 is 2.17 bits per heavy atom. The number of piperidine rings is 1. The number of hydrogen-bond acceptors (Lipinski definition) is 3. The molecule has 0 aliphatic carbocycles. The van der Waals surface area contributed by atoms with E-state index in [1.807, 2.05) is 7.62 Å². The monoisotopic (exact) mass is 169 g/mol. The van der Waals surface area contributed by atoms with E-state index in [1.165, 1.54) is 19.3 Å². The molecular formula is C8H18BN2O. The maximum atomic E-state index is 5.51. The van der Waals surface area contributed by atoms with Crippen molar-refractivity contribution in [2.24, 2.45) is 11.7 Å². The molecule has 3 nitrogen and oxygen atoms in total. The second kappa shape index (κ2) is 5.57. The van der Waals surface area contributed by atoms with Crippen LogP contribution in [0.2, 0.25) is 0 Å². The summed E-state index contributed by atoms with van der Waals surface area (Å²) >= 11 is 0. The van der Waals surface area contributed by atoms with Crippen LogP contribution in [0, 0.1) is 5.92 Å². The van der Waals surface area contributed by atoms with Crippen LogP contribution in [-0.2, 0) is 4.65 Å². The van der Waals surface area contributed by atoms with Crippen molar-refractivity contribution in [2.45, 2.75) is 19.3 Å². The molecule has 1 fully saturated rings. The summed E-state index contributed by atoms with van der Waals surface area (Å²) < 4.78 is 4.95. The van der Waals surface area contributed by atoms with Gasteiger partial charge in [0.15, 0.2) is 0 Å². The Kier molecular flexibility index (Phi) is 4.65. The standard InChI is InChI=1S/C8H18BN2O/c1-12-9-11-6-3-8(2-5-10)4-7-11/h8H,2-7,10H2,1H3. The van der Waals surface area contributed by atoms with E-state index in [-0.39, 0.29) is 0 Å². The lowest BCUT2D eigenvalue weighted by atomic mass is 9.91. The van der Waals surface area contributed by atoms with Gasteiger partial charge in [-0.1, -0.05) is 0 Å². The Morgan fingerprint density at radius 1 is 1.50 bits per heavy atom. The van der Waals surface area contributed by atoms with E-state index < -0.39 is 0 Å². The summed E-state index contributed by atoms with van der Waals surface area (Å²) in [5.74, 6) is 0.844. The van der Waals surface area contributed by atoms with Crippen LogP contribution in [0.5, 0.6) is 0 Å². The van der Waals surface area contributed by atoms with Crippen LogP contribution in [0.4, 0.5) is 0 Å². The van der Waals surface area contributed by atoms with Crippen molar-refractivity contribution in [3.05, 3.63) is 0 Å². The molecule has 12 heavy (non-hydrogen) atoms. The second-order valence-corrected chi connectivity index (χ2v) is 3.40. The van der Waals surface area contributed by atoms with Crippen molar-refractivity contribution in [2.75, 3.05) is 26.7 Å². The summed E-state index contributed by atoms with van der Waals surface area (Å²) in [6.45, 7) is 3.08. The van der Waals surface area contributed by atoms with Crippen LogP contribution in [0.25, 0.3) is 0 Å². The summed E-state index contributed by atoms with van der Waals surface area (Å²) in [6.07, 6.45) is 3.70. The van der Waals surface area contributed by atoms with Crippen molar-refractivity contribution in [1.29, 1.82) is 0 Å². The van der Waals surface area contributed by atoms with Gasteiger partial charge < -0.3 is 15.2 Å². The van der Waals surface area contributed by atoms with Crippen molar-refractivity contribution >= 4 is 7.62 Å². The van der Waals surface area contributed by atoms with E-state index in [1.54, 1.807) is 7.11 Å². The van der Waals surface area contributed by atoms with Crippen LogP contribution < -0.4 is 5.73 Å². The second-order valence-electron chi connectivity index (χ2n) is 3.40. The van der Waals surface area contributed by atoms with Gasteiger partial charge in [0.2, 0.25) is 0 Å². The van der Waals surface area contributed by atoms with E-state index in [0.717, 1.165) is 25.6 Å². The molecule has 1 saturated heterocycles. The number of nitrogens with two attached hydrogens (primary N) is 1. The van der Waals surface area contributed by atoms with E-state index in [2.05, 4.69) is 4.81 Å². The van der Waals surface area contributed by atoms with Gasteiger partial charge in [-0.25, -0.2) is 0 Å². The highest BCUT2D eigenvalue weighted by atomic mass is 16.4. The number of nitrogens with zero attached hydrogens (tertiary/aromatic N) is 1. The Bertz CT molecular complexity index is 102. The highest BCUT2D eigenvalue weighted by molar-refractivity contribution is 6.23. The van der Waals surface area contributed by atoms with Crippen molar-refractivity contribution in [1.82, 2.24) is 4.81 Å². The van der Waals surface area contributed by atoms with E-state index in [9.17, 15) is 0 Å². The lowest BCUT2D eigenvalue weighted by Gasteiger charge is -2.30.